The molecule has 2 rings (SSSR count). The Hall–Kier alpha value is -2.49. The highest BCUT2D eigenvalue weighted by atomic mass is 16.6. The van der Waals surface area contributed by atoms with Crippen LogP contribution in [0.2, 0.25) is 0 Å². The first-order chi connectivity index (χ1) is 9.66. The predicted octanol–water partition coefficient (Wildman–Crippen LogP) is 3.21. The summed E-state index contributed by atoms with van der Waals surface area (Å²) in [6.45, 7) is 0. The van der Waals surface area contributed by atoms with Crippen molar-refractivity contribution in [1.29, 1.82) is 0 Å². The molecule has 0 aliphatic carbocycles. The standard InChI is InChI=1S/C16H15NO3/c18-15(11-13-7-3-1-4-8-13)12-16(17(19)20)14-9-5-2-6-10-14/h1-10,16H,11-12H2. The van der Waals surface area contributed by atoms with Crippen LogP contribution in [0.1, 0.15) is 23.6 Å². The third-order valence-electron chi connectivity index (χ3n) is 3.10. The van der Waals surface area contributed by atoms with Crippen molar-refractivity contribution in [2.24, 2.45) is 0 Å². The highest BCUT2D eigenvalue weighted by Crippen LogP contribution is 2.21. The SMILES string of the molecule is O=C(Cc1ccccc1)CC(c1ccccc1)[N+](=O)[O-]. The summed E-state index contributed by atoms with van der Waals surface area (Å²) in [5, 5.41) is 11.1. The molecule has 1 atom stereocenters. The van der Waals surface area contributed by atoms with Gasteiger partial charge < -0.3 is 0 Å². The van der Waals surface area contributed by atoms with Crippen molar-refractivity contribution in [3.63, 3.8) is 0 Å². The number of nitro groups is 1. The zero-order valence-corrected chi connectivity index (χ0v) is 10.9. The van der Waals surface area contributed by atoms with E-state index in [1.807, 2.05) is 30.3 Å². The molecule has 4 heteroatoms. The van der Waals surface area contributed by atoms with Gasteiger partial charge in [0, 0.05) is 16.9 Å². The smallest absolute Gasteiger partial charge is 0.244 e. The molecule has 0 bridgehead atoms. The van der Waals surface area contributed by atoms with Crippen LogP contribution < -0.4 is 0 Å². The molecule has 0 spiro atoms. The van der Waals surface area contributed by atoms with Crippen LogP contribution in [-0.2, 0) is 11.2 Å². The van der Waals surface area contributed by atoms with E-state index in [0.717, 1.165) is 5.56 Å². The Morgan fingerprint density at radius 1 is 1.00 bits per heavy atom. The molecule has 0 radical (unpaired) electrons. The molecule has 2 aromatic rings. The molecule has 0 aliphatic rings. The maximum atomic E-state index is 12.0. The van der Waals surface area contributed by atoms with Crippen LogP contribution in [0.3, 0.4) is 0 Å². The number of carbonyl (C=O) groups excluding carboxylic acids is 1. The van der Waals surface area contributed by atoms with E-state index < -0.39 is 11.0 Å². The van der Waals surface area contributed by atoms with Crippen LogP contribution in [-0.4, -0.2) is 10.7 Å². The number of hydrogen-bond acceptors (Lipinski definition) is 3. The van der Waals surface area contributed by atoms with Crippen molar-refractivity contribution in [3.05, 3.63) is 81.9 Å². The molecule has 0 heterocycles. The second-order valence-electron chi connectivity index (χ2n) is 4.62. The van der Waals surface area contributed by atoms with Gasteiger partial charge in [-0.3, -0.25) is 14.9 Å². The lowest BCUT2D eigenvalue weighted by Crippen LogP contribution is -2.16. The third kappa shape index (κ3) is 3.75. The van der Waals surface area contributed by atoms with E-state index in [0.29, 0.717) is 5.56 Å². The van der Waals surface area contributed by atoms with Crippen LogP contribution in [0, 0.1) is 10.1 Å². The average Bonchev–Trinajstić information content (AvgIpc) is 2.46. The van der Waals surface area contributed by atoms with Gasteiger partial charge in [0.25, 0.3) is 0 Å². The van der Waals surface area contributed by atoms with Gasteiger partial charge in [-0.25, -0.2) is 0 Å². The zero-order valence-electron chi connectivity index (χ0n) is 10.9. The molecule has 2 aromatic carbocycles. The van der Waals surface area contributed by atoms with Crippen LogP contribution in [0.25, 0.3) is 0 Å². The van der Waals surface area contributed by atoms with Gasteiger partial charge in [-0.2, -0.15) is 0 Å². The lowest BCUT2D eigenvalue weighted by atomic mass is 9.98. The van der Waals surface area contributed by atoms with Crippen LogP contribution >= 0.6 is 0 Å². The quantitative estimate of drug-likeness (QED) is 0.597. The summed E-state index contributed by atoms with van der Waals surface area (Å²) in [4.78, 5) is 22.7. The van der Waals surface area contributed by atoms with E-state index in [1.54, 1.807) is 30.3 Å². The fraction of sp³-hybridized carbons (Fsp3) is 0.188. The van der Waals surface area contributed by atoms with Crippen LogP contribution in [0.15, 0.2) is 60.7 Å². The Morgan fingerprint density at radius 2 is 1.55 bits per heavy atom. The summed E-state index contributed by atoms with van der Waals surface area (Å²) in [6.07, 6.45) is 0.157. The number of benzene rings is 2. The lowest BCUT2D eigenvalue weighted by molar-refractivity contribution is -0.527. The highest BCUT2D eigenvalue weighted by Gasteiger charge is 2.25. The minimum Gasteiger partial charge on any atom is -0.299 e. The van der Waals surface area contributed by atoms with E-state index in [9.17, 15) is 14.9 Å². The molecule has 0 fully saturated rings. The maximum Gasteiger partial charge on any atom is 0.244 e. The predicted molar refractivity (Wildman–Crippen MR) is 75.9 cm³/mol. The zero-order chi connectivity index (χ0) is 14.4. The number of Topliss-reactive ketones (excluding diaryl/α,β-unsaturated/α-hetero) is 1. The van der Waals surface area contributed by atoms with Crippen molar-refractivity contribution in [3.8, 4) is 0 Å². The molecule has 1 unspecified atom stereocenters. The van der Waals surface area contributed by atoms with E-state index >= 15 is 0 Å². The summed E-state index contributed by atoms with van der Waals surface area (Å²) < 4.78 is 0. The van der Waals surface area contributed by atoms with Crippen molar-refractivity contribution in [1.82, 2.24) is 0 Å². The Kier molecular flexibility index (Phi) is 4.60. The Balaban J connectivity index is 2.06. The normalized spacial score (nSPS) is 11.8. The van der Waals surface area contributed by atoms with Crippen LogP contribution in [0.5, 0.6) is 0 Å². The lowest BCUT2D eigenvalue weighted by Gasteiger charge is -2.09. The number of ketones is 1. The van der Waals surface area contributed by atoms with Gasteiger partial charge in [-0.15, -0.1) is 0 Å². The van der Waals surface area contributed by atoms with Crippen molar-refractivity contribution in [2.45, 2.75) is 18.9 Å². The Labute approximate surface area is 117 Å². The van der Waals surface area contributed by atoms with Gasteiger partial charge in [0.15, 0.2) is 0 Å². The largest absolute Gasteiger partial charge is 0.299 e. The molecular formula is C16H15NO3. The highest BCUT2D eigenvalue weighted by molar-refractivity contribution is 5.81. The molecule has 0 aliphatic heterocycles. The van der Waals surface area contributed by atoms with Crippen molar-refractivity contribution >= 4 is 5.78 Å². The van der Waals surface area contributed by atoms with Gasteiger partial charge in [0.1, 0.15) is 5.78 Å². The number of rotatable bonds is 6. The maximum absolute atomic E-state index is 12.0. The number of hydrogen-bond donors (Lipinski definition) is 0. The first-order valence-electron chi connectivity index (χ1n) is 6.41. The van der Waals surface area contributed by atoms with Gasteiger partial charge in [-0.05, 0) is 5.56 Å². The molecule has 102 valence electrons. The third-order valence-corrected chi connectivity index (χ3v) is 3.10. The fourth-order valence-electron chi connectivity index (χ4n) is 2.10. The minimum absolute atomic E-state index is 0.0775. The average molecular weight is 269 g/mol. The summed E-state index contributed by atoms with van der Waals surface area (Å²) in [5.41, 5.74) is 1.45. The molecule has 0 amide bonds. The molecule has 0 N–H and O–H groups in total. The second-order valence-corrected chi connectivity index (χ2v) is 4.62. The number of carbonyl (C=O) groups is 1. The first kappa shape index (κ1) is 13.9. The monoisotopic (exact) mass is 269 g/mol. The Bertz CT molecular complexity index is 581. The minimum atomic E-state index is -0.965. The summed E-state index contributed by atoms with van der Waals surface area (Å²) in [7, 11) is 0. The molecular weight excluding hydrogens is 254 g/mol. The topological polar surface area (TPSA) is 60.2 Å². The molecule has 20 heavy (non-hydrogen) atoms. The van der Waals surface area contributed by atoms with Gasteiger partial charge >= 0.3 is 0 Å². The second kappa shape index (κ2) is 6.61. The van der Waals surface area contributed by atoms with Crippen molar-refractivity contribution < 1.29 is 9.72 Å². The molecule has 0 aromatic heterocycles. The summed E-state index contributed by atoms with van der Waals surface area (Å²) in [6, 6.07) is 17.0. The molecule has 0 saturated heterocycles. The Morgan fingerprint density at radius 3 is 2.10 bits per heavy atom. The van der Waals surface area contributed by atoms with Gasteiger partial charge in [-0.1, -0.05) is 60.7 Å². The molecule has 0 saturated carbocycles. The van der Waals surface area contributed by atoms with Gasteiger partial charge in [0.2, 0.25) is 6.04 Å². The summed E-state index contributed by atoms with van der Waals surface area (Å²) >= 11 is 0. The van der Waals surface area contributed by atoms with E-state index in [-0.39, 0.29) is 18.6 Å². The van der Waals surface area contributed by atoms with E-state index in [1.165, 1.54) is 0 Å². The number of nitrogens with zero attached hydrogens (tertiary/aromatic N) is 1. The first-order valence-corrected chi connectivity index (χ1v) is 6.41. The molecule has 4 nitrogen and oxygen atoms in total. The van der Waals surface area contributed by atoms with E-state index in [2.05, 4.69) is 0 Å². The van der Waals surface area contributed by atoms with Crippen LogP contribution in [0.4, 0.5) is 0 Å². The van der Waals surface area contributed by atoms with Crippen molar-refractivity contribution in [2.75, 3.05) is 0 Å². The van der Waals surface area contributed by atoms with Gasteiger partial charge in [0.05, 0.1) is 6.42 Å². The summed E-state index contributed by atoms with van der Waals surface area (Å²) in [5.74, 6) is -0.123. The fourth-order valence-corrected chi connectivity index (χ4v) is 2.10. The van der Waals surface area contributed by atoms with E-state index in [4.69, 9.17) is 0 Å².